The summed E-state index contributed by atoms with van der Waals surface area (Å²) in [5.41, 5.74) is 6.63. The maximum atomic E-state index is 13.3. The van der Waals surface area contributed by atoms with Crippen molar-refractivity contribution in [3.8, 4) is 0 Å². The SMILES string of the molecule is Cc1nc(NC(=O)C2CCCN(C(=O)c3cccc4ccccc34)C2)sc1SCC(N)=O. The van der Waals surface area contributed by atoms with Gasteiger partial charge >= 0.3 is 0 Å². The first-order chi connectivity index (χ1) is 15.4. The molecule has 1 fully saturated rings. The van der Waals surface area contributed by atoms with Crippen molar-refractivity contribution in [2.75, 3.05) is 24.2 Å². The lowest BCUT2D eigenvalue weighted by atomic mass is 9.95. The molecule has 1 aliphatic rings. The Hall–Kier alpha value is -2.91. The van der Waals surface area contributed by atoms with Gasteiger partial charge in [0.2, 0.25) is 11.8 Å². The van der Waals surface area contributed by atoms with Crippen LogP contribution in [-0.2, 0) is 9.59 Å². The van der Waals surface area contributed by atoms with Crippen molar-refractivity contribution in [2.24, 2.45) is 11.7 Å². The number of likely N-dealkylation sites (tertiary alicyclic amines) is 1. The van der Waals surface area contributed by atoms with E-state index in [0.29, 0.717) is 23.8 Å². The molecule has 1 atom stereocenters. The van der Waals surface area contributed by atoms with Crippen LogP contribution < -0.4 is 11.1 Å². The van der Waals surface area contributed by atoms with Gasteiger partial charge in [0.1, 0.15) is 0 Å². The maximum absolute atomic E-state index is 13.3. The highest BCUT2D eigenvalue weighted by Crippen LogP contribution is 2.32. The summed E-state index contributed by atoms with van der Waals surface area (Å²) >= 11 is 2.65. The number of nitrogens with two attached hydrogens (primary N) is 1. The number of hydrogen-bond donors (Lipinski definition) is 2. The molecule has 166 valence electrons. The highest BCUT2D eigenvalue weighted by molar-refractivity contribution is 8.01. The van der Waals surface area contributed by atoms with Gasteiger partial charge in [-0.3, -0.25) is 14.4 Å². The predicted molar refractivity (Wildman–Crippen MR) is 128 cm³/mol. The highest BCUT2D eigenvalue weighted by atomic mass is 32.2. The number of nitrogens with zero attached hydrogens (tertiary/aromatic N) is 2. The number of thioether (sulfide) groups is 1. The summed E-state index contributed by atoms with van der Waals surface area (Å²) < 4.78 is 0.857. The van der Waals surface area contributed by atoms with Gasteiger partial charge in [-0.05, 0) is 36.6 Å². The second-order valence-electron chi connectivity index (χ2n) is 7.75. The molecule has 3 aromatic rings. The predicted octanol–water partition coefficient (Wildman–Crippen LogP) is 3.67. The molecular formula is C23H24N4O3S2. The monoisotopic (exact) mass is 468 g/mol. The minimum atomic E-state index is -0.397. The molecule has 0 aliphatic carbocycles. The number of fused-ring (bicyclic) bond motifs is 1. The average molecular weight is 469 g/mol. The van der Waals surface area contributed by atoms with Crippen LogP contribution >= 0.6 is 23.1 Å². The van der Waals surface area contributed by atoms with Crippen molar-refractivity contribution in [3.05, 3.63) is 53.7 Å². The highest BCUT2D eigenvalue weighted by Gasteiger charge is 2.30. The summed E-state index contributed by atoms with van der Waals surface area (Å²) in [4.78, 5) is 43.4. The third-order valence-electron chi connectivity index (χ3n) is 5.43. The number of rotatable bonds is 6. The molecule has 1 aliphatic heterocycles. The molecule has 4 rings (SSSR count). The number of piperidine rings is 1. The van der Waals surface area contributed by atoms with Gasteiger partial charge < -0.3 is 16.0 Å². The summed E-state index contributed by atoms with van der Waals surface area (Å²) in [5, 5.41) is 5.33. The molecule has 3 N–H and O–H groups in total. The first-order valence-corrected chi connectivity index (χ1v) is 12.2. The van der Waals surface area contributed by atoms with E-state index in [1.807, 2.05) is 49.4 Å². The van der Waals surface area contributed by atoms with E-state index >= 15 is 0 Å². The van der Waals surface area contributed by atoms with Crippen LogP contribution in [0.15, 0.2) is 46.7 Å². The number of benzene rings is 2. The molecule has 1 saturated heterocycles. The maximum Gasteiger partial charge on any atom is 0.254 e. The van der Waals surface area contributed by atoms with E-state index in [0.717, 1.165) is 33.5 Å². The van der Waals surface area contributed by atoms with Gasteiger partial charge in [-0.1, -0.05) is 47.7 Å². The second-order valence-corrected chi connectivity index (χ2v) is 10.00. The molecule has 1 unspecified atom stereocenters. The minimum absolute atomic E-state index is 0.0467. The van der Waals surface area contributed by atoms with Crippen LogP contribution in [-0.4, -0.2) is 46.4 Å². The van der Waals surface area contributed by atoms with Crippen molar-refractivity contribution in [1.29, 1.82) is 0 Å². The van der Waals surface area contributed by atoms with Gasteiger partial charge in [0, 0.05) is 18.7 Å². The Bertz CT molecular complexity index is 1170. The number of hydrogen-bond acceptors (Lipinski definition) is 6. The van der Waals surface area contributed by atoms with E-state index < -0.39 is 5.91 Å². The smallest absolute Gasteiger partial charge is 0.254 e. The lowest BCUT2D eigenvalue weighted by molar-refractivity contribution is -0.121. The number of nitrogens with one attached hydrogen (secondary N) is 1. The van der Waals surface area contributed by atoms with Crippen LogP contribution in [0.2, 0.25) is 0 Å². The molecule has 3 amide bonds. The third-order valence-corrected chi connectivity index (χ3v) is 7.89. The van der Waals surface area contributed by atoms with Crippen molar-refractivity contribution in [2.45, 2.75) is 24.0 Å². The van der Waals surface area contributed by atoms with Crippen molar-refractivity contribution in [1.82, 2.24) is 9.88 Å². The van der Waals surface area contributed by atoms with E-state index in [4.69, 9.17) is 5.73 Å². The Labute approximate surface area is 194 Å². The molecule has 32 heavy (non-hydrogen) atoms. The van der Waals surface area contributed by atoms with Gasteiger partial charge in [0.25, 0.3) is 5.91 Å². The second kappa shape index (κ2) is 9.70. The Morgan fingerprint density at radius 3 is 2.81 bits per heavy atom. The lowest BCUT2D eigenvalue weighted by Crippen LogP contribution is -2.43. The van der Waals surface area contributed by atoms with Gasteiger partial charge in [-0.2, -0.15) is 0 Å². The average Bonchev–Trinajstić information content (AvgIpc) is 3.15. The molecule has 1 aromatic heterocycles. The van der Waals surface area contributed by atoms with Crippen LogP contribution in [0.3, 0.4) is 0 Å². The number of anilines is 1. The number of amides is 3. The van der Waals surface area contributed by atoms with Crippen molar-refractivity contribution < 1.29 is 14.4 Å². The standard InChI is InChI=1S/C23H24N4O3S2/c1-14-22(31-13-19(24)28)32-23(25-14)26-20(29)16-8-5-11-27(12-16)21(30)18-10-4-7-15-6-2-3-9-17(15)18/h2-4,6-7,9-10,16H,5,8,11-13H2,1H3,(H2,24,28)(H,25,26,29). The van der Waals surface area contributed by atoms with Gasteiger partial charge in [0.15, 0.2) is 5.13 Å². The zero-order chi connectivity index (χ0) is 22.7. The van der Waals surface area contributed by atoms with Crippen LogP contribution in [0.4, 0.5) is 5.13 Å². The van der Waals surface area contributed by atoms with Crippen LogP contribution in [0.5, 0.6) is 0 Å². The van der Waals surface area contributed by atoms with E-state index in [9.17, 15) is 14.4 Å². The Kier molecular flexibility index (Phi) is 6.76. The largest absolute Gasteiger partial charge is 0.369 e. The number of thiazole rings is 1. The summed E-state index contributed by atoms with van der Waals surface area (Å²) in [6, 6.07) is 13.6. The summed E-state index contributed by atoms with van der Waals surface area (Å²) in [6.45, 7) is 2.85. The zero-order valence-corrected chi connectivity index (χ0v) is 19.3. The first-order valence-electron chi connectivity index (χ1n) is 10.4. The zero-order valence-electron chi connectivity index (χ0n) is 17.7. The van der Waals surface area contributed by atoms with Crippen LogP contribution in [0.25, 0.3) is 10.8 Å². The molecular weight excluding hydrogens is 444 g/mol. The van der Waals surface area contributed by atoms with Gasteiger partial charge in [0.05, 0.1) is 21.6 Å². The normalized spacial score (nSPS) is 16.2. The molecule has 9 heteroatoms. The number of carbonyl (C=O) groups excluding carboxylic acids is 3. The number of aromatic nitrogens is 1. The Morgan fingerprint density at radius 2 is 2.00 bits per heavy atom. The van der Waals surface area contributed by atoms with E-state index in [1.165, 1.54) is 23.1 Å². The molecule has 2 aromatic carbocycles. The third kappa shape index (κ3) is 4.94. The molecule has 0 radical (unpaired) electrons. The number of primary amides is 1. The fourth-order valence-electron chi connectivity index (χ4n) is 3.87. The molecule has 2 heterocycles. The van der Waals surface area contributed by atoms with E-state index in [2.05, 4.69) is 10.3 Å². The quantitative estimate of drug-likeness (QED) is 0.537. The number of aryl methyl sites for hydroxylation is 1. The number of carbonyl (C=O) groups is 3. The van der Waals surface area contributed by atoms with Gasteiger partial charge in [-0.25, -0.2) is 4.98 Å². The lowest BCUT2D eigenvalue weighted by Gasteiger charge is -2.32. The van der Waals surface area contributed by atoms with E-state index in [-0.39, 0.29) is 23.5 Å². The van der Waals surface area contributed by atoms with Crippen molar-refractivity contribution >= 4 is 56.7 Å². The molecule has 7 nitrogen and oxygen atoms in total. The molecule has 0 bridgehead atoms. The fraction of sp³-hybridized carbons (Fsp3) is 0.304. The van der Waals surface area contributed by atoms with Crippen LogP contribution in [0, 0.1) is 12.8 Å². The summed E-state index contributed by atoms with van der Waals surface area (Å²) in [7, 11) is 0. The minimum Gasteiger partial charge on any atom is -0.369 e. The van der Waals surface area contributed by atoms with Crippen LogP contribution in [0.1, 0.15) is 28.9 Å². The topological polar surface area (TPSA) is 105 Å². The summed E-state index contributed by atoms with van der Waals surface area (Å²) in [5.74, 6) is -0.708. The summed E-state index contributed by atoms with van der Waals surface area (Å²) in [6.07, 6.45) is 1.49. The first kappa shape index (κ1) is 22.3. The Morgan fingerprint density at radius 1 is 1.22 bits per heavy atom. The molecule has 0 saturated carbocycles. The van der Waals surface area contributed by atoms with E-state index in [1.54, 1.807) is 4.90 Å². The van der Waals surface area contributed by atoms with Crippen molar-refractivity contribution in [3.63, 3.8) is 0 Å². The fourth-order valence-corrected chi connectivity index (χ4v) is 5.75. The van der Waals surface area contributed by atoms with Gasteiger partial charge in [-0.15, -0.1) is 11.8 Å². The Balaban J connectivity index is 1.43. The molecule has 0 spiro atoms.